The summed E-state index contributed by atoms with van der Waals surface area (Å²) in [7, 11) is 0. The number of hydrogen-bond acceptors (Lipinski definition) is 4. The first-order chi connectivity index (χ1) is 6.81. The highest BCUT2D eigenvalue weighted by atomic mass is 16.6. The number of carbonyl (C=O) groups excluding carboxylic acids is 2. The van der Waals surface area contributed by atoms with E-state index in [2.05, 4.69) is 11.3 Å². The Morgan fingerprint density at radius 1 is 1.21 bits per heavy atom. The average Bonchev–Trinajstić information content (AvgIpc) is 2.21. The number of ether oxygens (including phenoxy) is 2. The molecule has 0 N–H and O–H groups in total. The van der Waals surface area contributed by atoms with Crippen molar-refractivity contribution in [3.63, 3.8) is 0 Å². The molecule has 0 spiro atoms. The van der Waals surface area contributed by atoms with E-state index >= 15 is 0 Å². The lowest BCUT2D eigenvalue weighted by Crippen LogP contribution is -2.08. The van der Waals surface area contributed by atoms with Gasteiger partial charge in [0.2, 0.25) is 0 Å². The fourth-order valence-electron chi connectivity index (χ4n) is 0.794. The number of carbonyl (C=O) groups is 2. The van der Waals surface area contributed by atoms with Gasteiger partial charge < -0.3 is 14.3 Å². The summed E-state index contributed by atoms with van der Waals surface area (Å²) in [5, 5.41) is 0. The number of esters is 1. The van der Waals surface area contributed by atoms with E-state index in [1.54, 1.807) is 0 Å². The van der Waals surface area contributed by atoms with E-state index in [1.807, 2.05) is 0 Å². The summed E-state index contributed by atoms with van der Waals surface area (Å²) in [5.41, 5.74) is 0. The normalized spacial score (nSPS) is 9.43. The van der Waals surface area contributed by atoms with Crippen molar-refractivity contribution in [2.75, 3.05) is 19.8 Å². The van der Waals surface area contributed by atoms with Crippen molar-refractivity contribution in [2.24, 2.45) is 0 Å². The third-order valence-electron chi connectivity index (χ3n) is 1.50. The maximum atomic E-state index is 10.6. The van der Waals surface area contributed by atoms with Gasteiger partial charge in [0.05, 0.1) is 6.61 Å². The van der Waals surface area contributed by atoms with E-state index in [9.17, 15) is 9.59 Å². The molecule has 0 aromatic carbocycles. The first kappa shape index (κ1) is 12.8. The van der Waals surface area contributed by atoms with Crippen molar-refractivity contribution in [3.8, 4) is 0 Å². The van der Waals surface area contributed by atoms with E-state index in [0.717, 1.165) is 25.2 Å². The van der Waals surface area contributed by atoms with Crippen molar-refractivity contribution in [1.29, 1.82) is 0 Å². The van der Waals surface area contributed by atoms with Crippen LogP contribution in [0.3, 0.4) is 0 Å². The summed E-state index contributed by atoms with van der Waals surface area (Å²) in [6.45, 7) is 4.50. The minimum absolute atomic E-state index is 0.249. The van der Waals surface area contributed by atoms with Gasteiger partial charge >= 0.3 is 5.97 Å². The van der Waals surface area contributed by atoms with Crippen molar-refractivity contribution >= 4 is 12.3 Å². The molecular weight excluding hydrogens is 184 g/mol. The van der Waals surface area contributed by atoms with Gasteiger partial charge in [0.15, 0.2) is 0 Å². The maximum Gasteiger partial charge on any atom is 0.330 e. The van der Waals surface area contributed by atoms with Crippen LogP contribution in [0.15, 0.2) is 12.7 Å². The number of unbranched alkanes of at least 4 members (excludes halogenated alkanes) is 2. The van der Waals surface area contributed by atoms with Crippen molar-refractivity contribution < 1.29 is 19.1 Å². The number of hydrogen-bond donors (Lipinski definition) is 0. The Kier molecular flexibility index (Phi) is 9.10. The van der Waals surface area contributed by atoms with Crippen LogP contribution in [0.25, 0.3) is 0 Å². The fraction of sp³-hybridized carbons (Fsp3) is 0.600. The Morgan fingerprint density at radius 3 is 2.64 bits per heavy atom. The van der Waals surface area contributed by atoms with Crippen LogP contribution in [0.1, 0.15) is 19.3 Å². The van der Waals surface area contributed by atoms with Gasteiger partial charge in [-0.05, 0) is 12.8 Å². The monoisotopic (exact) mass is 200 g/mol. The largest absolute Gasteiger partial charge is 0.460 e. The van der Waals surface area contributed by atoms with Crippen LogP contribution >= 0.6 is 0 Å². The molecule has 0 aliphatic carbocycles. The number of aldehydes is 1. The highest BCUT2D eigenvalue weighted by Gasteiger charge is 1.94. The third-order valence-corrected chi connectivity index (χ3v) is 1.50. The standard InChI is InChI=1S/C10H16O4/c1-2-10(12)14-9-8-13-7-5-3-4-6-11/h2,6H,1,3-5,7-9H2. The van der Waals surface area contributed by atoms with Crippen molar-refractivity contribution in [2.45, 2.75) is 19.3 Å². The molecule has 0 fully saturated rings. The summed E-state index contributed by atoms with van der Waals surface area (Å²) in [6.07, 6.45) is 4.29. The highest BCUT2D eigenvalue weighted by molar-refractivity contribution is 5.81. The van der Waals surface area contributed by atoms with Gasteiger partial charge in [0.25, 0.3) is 0 Å². The van der Waals surface area contributed by atoms with Crippen LogP contribution in [0, 0.1) is 0 Å². The Hall–Kier alpha value is -1.16. The second-order valence-corrected chi connectivity index (χ2v) is 2.65. The van der Waals surface area contributed by atoms with Gasteiger partial charge in [0.1, 0.15) is 12.9 Å². The second kappa shape index (κ2) is 9.92. The molecule has 0 radical (unpaired) electrons. The molecule has 0 aliphatic heterocycles. The molecule has 80 valence electrons. The van der Waals surface area contributed by atoms with Crippen LogP contribution in [0.4, 0.5) is 0 Å². The summed E-state index contributed by atoms with van der Waals surface area (Å²) < 4.78 is 9.83. The van der Waals surface area contributed by atoms with E-state index in [4.69, 9.17) is 4.74 Å². The lowest BCUT2D eigenvalue weighted by atomic mass is 10.3. The average molecular weight is 200 g/mol. The maximum absolute atomic E-state index is 10.6. The Balaban J connectivity index is 3.02. The lowest BCUT2D eigenvalue weighted by molar-refractivity contribution is -0.139. The lowest BCUT2D eigenvalue weighted by Gasteiger charge is -2.03. The highest BCUT2D eigenvalue weighted by Crippen LogP contribution is 1.93. The molecule has 0 saturated carbocycles. The van der Waals surface area contributed by atoms with Gasteiger partial charge in [-0.25, -0.2) is 4.79 Å². The fourth-order valence-corrected chi connectivity index (χ4v) is 0.794. The Labute approximate surface area is 83.9 Å². The van der Waals surface area contributed by atoms with Gasteiger partial charge in [-0.2, -0.15) is 0 Å². The van der Waals surface area contributed by atoms with Crippen molar-refractivity contribution in [1.82, 2.24) is 0 Å². The van der Waals surface area contributed by atoms with Gasteiger partial charge in [-0.15, -0.1) is 0 Å². The molecule has 0 aromatic heterocycles. The molecule has 0 heterocycles. The Bertz CT molecular complexity index is 177. The summed E-state index contributed by atoms with van der Waals surface area (Å²) in [4.78, 5) is 20.5. The first-order valence-electron chi connectivity index (χ1n) is 4.62. The van der Waals surface area contributed by atoms with E-state index in [-0.39, 0.29) is 6.61 Å². The van der Waals surface area contributed by atoms with E-state index < -0.39 is 5.97 Å². The van der Waals surface area contributed by atoms with Crippen molar-refractivity contribution in [3.05, 3.63) is 12.7 Å². The van der Waals surface area contributed by atoms with Crippen LogP contribution in [-0.2, 0) is 19.1 Å². The first-order valence-corrected chi connectivity index (χ1v) is 4.62. The van der Waals surface area contributed by atoms with Gasteiger partial charge in [-0.3, -0.25) is 0 Å². The van der Waals surface area contributed by atoms with Gasteiger partial charge in [0, 0.05) is 19.1 Å². The smallest absolute Gasteiger partial charge is 0.330 e. The molecule has 0 unspecified atom stereocenters. The second-order valence-electron chi connectivity index (χ2n) is 2.65. The molecule has 0 aliphatic rings. The van der Waals surface area contributed by atoms with Crippen LogP contribution in [-0.4, -0.2) is 32.1 Å². The molecular formula is C10H16O4. The minimum Gasteiger partial charge on any atom is -0.460 e. The molecule has 0 saturated heterocycles. The van der Waals surface area contributed by atoms with Crippen LogP contribution in [0.2, 0.25) is 0 Å². The summed E-state index contributed by atoms with van der Waals surface area (Å²) >= 11 is 0. The predicted octanol–water partition coefficient (Wildman–Crippen LogP) is 1.10. The summed E-state index contributed by atoms with van der Waals surface area (Å²) in [6, 6.07) is 0. The summed E-state index contributed by atoms with van der Waals surface area (Å²) in [5.74, 6) is -0.436. The Morgan fingerprint density at radius 2 is 2.00 bits per heavy atom. The SMILES string of the molecule is C=CC(=O)OCCOCCCCC=O. The molecule has 4 heteroatoms. The quantitative estimate of drug-likeness (QED) is 0.242. The minimum atomic E-state index is -0.436. The van der Waals surface area contributed by atoms with Gasteiger partial charge in [-0.1, -0.05) is 6.58 Å². The molecule has 14 heavy (non-hydrogen) atoms. The topological polar surface area (TPSA) is 52.6 Å². The zero-order chi connectivity index (χ0) is 10.6. The van der Waals surface area contributed by atoms with Crippen LogP contribution in [0.5, 0.6) is 0 Å². The predicted molar refractivity (Wildman–Crippen MR) is 51.9 cm³/mol. The molecule has 0 amide bonds. The third kappa shape index (κ3) is 8.93. The van der Waals surface area contributed by atoms with Crippen LogP contribution < -0.4 is 0 Å². The molecule has 0 rings (SSSR count). The molecule has 0 bridgehead atoms. The molecule has 0 atom stereocenters. The van der Waals surface area contributed by atoms with E-state index in [1.165, 1.54) is 0 Å². The molecule has 0 aromatic rings. The van der Waals surface area contributed by atoms with E-state index in [0.29, 0.717) is 19.6 Å². The zero-order valence-electron chi connectivity index (χ0n) is 8.24. The number of rotatable bonds is 9. The zero-order valence-corrected chi connectivity index (χ0v) is 8.24. The molecule has 4 nitrogen and oxygen atoms in total.